The summed E-state index contributed by atoms with van der Waals surface area (Å²) in [7, 11) is 0. The monoisotopic (exact) mass is 543 g/mol. The Morgan fingerprint density at radius 2 is 1.64 bits per heavy atom. The van der Waals surface area contributed by atoms with Crippen LogP contribution < -0.4 is 9.80 Å². The van der Waals surface area contributed by atoms with Gasteiger partial charge in [-0.15, -0.1) is 0 Å². The van der Waals surface area contributed by atoms with Gasteiger partial charge in [-0.05, 0) is 35.9 Å². The summed E-state index contributed by atoms with van der Waals surface area (Å²) in [4.78, 5) is 28.4. The number of halogens is 2. The zero-order valence-corrected chi connectivity index (χ0v) is 22.1. The summed E-state index contributed by atoms with van der Waals surface area (Å²) < 4.78 is 5.42. The summed E-state index contributed by atoms with van der Waals surface area (Å²) >= 11 is 13.9. The molecule has 36 heavy (non-hydrogen) atoms. The van der Waals surface area contributed by atoms with Crippen molar-refractivity contribution in [2.24, 2.45) is 0 Å². The lowest BCUT2D eigenvalue weighted by Gasteiger charge is -2.36. The fourth-order valence-corrected chi connectivity index (χ4v) is 5.54. The summed E-state index contributed by atoms with van der Waals surface area (Å²) in [6.07, 6.45) is 0. The average Bonchev–Trinajstić information content (AvgIpc) is 2.92. The van der Waals surface area contributed by atoms with Crippen LogP contribution >= 0.6 is 35.0 Å². The lowest BCUT2D eigenvalue weighted by molar-refractivity contribution is 0.0747. The quantitative estimate of drug-likeness (QED) is 0.249. The molecule has 2 aliphatic rings. The number of carbonyl (C=O) groups excluding carboxylic acids is 1. The molecular weight excluding hydrogens is 517 g/mol. The first kappa shape index (κ1) is 25.1. The molecule has 2 fully saturated rings. The number of thioether (sulfide) groups is 1. The van der Waals surface area contributed by atoms with Crippen LogP contribution in [0.1, 0.15) is 15.9 Å². The number of amides is 1. The Balaban J connectivity index is 1.15. The van der Waals surface area contributed by atoms with Crippen molar-refractivity contribution in [1.82, 2.24) is 14.9 Å². The van der Waals surface area contributed by atoms with Crippen LogP contribution in [0.15, 0.2) is 59.8 Å². The third kappa shape index (κ3) is 6.24. The summed E-state index contributed by atoms with van der Waals surface area (Å²) in [5.41, 5.74) is 2.89. The van der Waals surface area contributed by atoms with Crippen LogP contribution in [0.3, 0.4) is 0 Å². The Morgan fingerprint density at radius 1 is 0.889 bits per heavy atom. The van der Waals surface area contributed by atoms with Crippen molar-refractivity contribution in [3.8, 4) is 0 Å². The number of carbonyl (C=O) groups is 1. The SMILES string of the molecule is O=C(c1ccc(CSc2nc(Cl)cc(N3CCOCC3)n2)cc1)N1CCN(c2cccc(Cl)c2)CC1. The second-order valence-electron chi connectivity index (χ2n) is 8.68. The highest BCUT2D eigenvalue weighted by Crippen LogP contribution is 2.26. The van der Waals surface area contributed by atoms with E-state index in [1.54, 1.807) is 6.07 Å². The van der Waals surface area contributed by atoms with Gasteiger partial charge in [0, 0.05) is 67.4 Å². The van der Waals surface area contributed by atoms with Gasteiger partial charge in [-0.2, -0.15) is 0 Å². The molecule has 0 unspecified atom stereocenters. The molecule has 5 rings (SSSR count). The molecule has 0 atom stereocenters. The molecule has 2 saturated heterocycles. The molecule has 0 saturated carbocycles. The summed E-state index contributed by atoms with van der Waals surface area (Å²) in [6.45, 7) is 5.89. The van der Waals surface area contributed by atoms with Crippen molar-refractivity contribution in [3.05, 3.63) is 75.9 Å². The van der Waals surface area contributed by atoms with Crippen molar-refractivity contribution in [3.63, 3.8) is 0 Å². The van der Waals surface area contributed by atoms with Crippen molar-refractivity contribution in [2.45, 2.75) is 10.9 Å². The maximum absolute atomic E-state index is 13.0. The number of anilines is 2. The van der Waals surface area contributed by atoms with E-state index in [2.05, 4.69) is 25.8 Å². The van der Waals surface area contributed by atoms with Crippen LogP contribution in [0.2, 0.25) is 10.2 Å². The highest BCUT2D eigenvalue weighted by molar-refractivity contribution is 7.98. The fraction of sp³-hybridized carbons (Fsp3) is 0.346. The van der Waals surface area contributed by atoms with Crippen LogP contribution in [0.25, 0.3) is 0 Å². The topological polar surface area (TPSA) is 61.8 Å². The van der Waals surface area contributed by atoms with Crippen molar-refractivity contribution in [2.75, 3.05) is 62.3 Å². The Labute approximate surface area is 225 Å². The lowest BCUT2D eigenvalue weighted by atomic mass is 10.1. The maximum atomic E-state index is 13.0. The zero-order valence-electron chi connectivity index (χ0n) is 19.8. The summed E-state index contributed by atoms with van der Waals surface area (Å²) in [5.74, 6) is 1.58. The van der Waals surface area contributed by atoms with E-state index < -0.39 is 0 Å². The number of ether oxygens (including phenoxy) is 1. The van der Waals surface area contributed by atoms with Gasteiger partial charge in [0.15, 0.2) is 5.16 Å². The van der Waals surface area contributed by atoms with Gasteiger partial charge in [-0.3, -0.25) is 4.79 Å². The molecule has 1 aromatic heterocycles. The zero-order chi connectivity index (χ0) is 24.9. The minimum atomic E-state index is 0.0632. The van der Waals surface area contributed by atoms with Gasteiger partial charge in [0.2, 0.25) is 0 Å². The van der Waals surface area contributed by atoms with Crippen LogP contribution in [0, 0.1) is 0 Å². The molecule has 188 valence electrons. The third-order valence-corrected chi connectivity index (χ3v) is 7.65. The van der Waals surface area contributed by atoms with E-state index in [0.717, 1.165) is 48.3 Å². The van der Waals surface area contributed by atoms with Gasteiger partial charge in [-0.25, -0.2) is 9.97 Å². The smallest absolute Gasteiger partial charge is 0.253 e. The van der Waals surface area contributed by atoms with Crippen molar-refractivity contribution >= 4 is 52.4 Å². The number of piperazine rings is 1. The predicted molar refractivity (Wildman–Crippen MR) is 146 cm³/mol. The Morgan fingerprint density at radius 3 is 2.36 bits per heavy atom. The number of hydrogen-bond donors (Lipinski definition) is 0. The molecule has 2 aromatic carbocycles. The highest BCUT2D eigenvalue weighted by Gasteiger charge is 2.22. The van der Waals surface area contributed by atoms with Crippen molar-refractivity contribution < 1.29 is 9.53 Å². The molecule has 0 spiro atoms. The molecule has 0 radical (unpaired) electrons. The number of hydrogen-bond acceptors (Lipinski definition) is 7. The van der Waals surface area contributed by atoms with Crippen LogP contribution in [-0.2, 0) is 10.5 Å². The normalized spacial score (nSPS) is 16.3. The summed E-state index contributed by atoms with van der Waals surface area (Å²) in [6, 6.07) is 17.4. The number of aromatic nitrogens is 2. The van der Waals surface area contributed by atoms with Gasteiger partial charge in [-0.1, -0.05) is 53.2 Å². The average molecular weight is 545 g/mol. The van der Waals surface area contributed by atoms with Crippen LogP contribution in [-0.4, -0.2) is 73.3 Å². The van der Waals surface area contributed by atoms with Gasteiger partial charge >= 0.3 is 0 Å². The standard InChI is InChI=1S/C26H27Cl2N5O2S/c27-21-2-1-3-22(16-21)31-8-10-33(11-9-31)25(34)20-6-4-19(5-7-20)18-36-26-29-23(28)17-24(30-26)32-12-14-35-15-13-32/h1-7,16-17H,8-15,18H2. The molecule has 2 aliphatic heterocycles. The molecule has 0 N–H and O–H groups in total. The number of nitrogens with zero attached hydrogens (tertiary/aromatic N) is 5. The Hall–Kier alpha value is -2.52. The third-order valence-electron chi connectivity index (χ3n) is 6.30. The molecule has 0 aliphatic carbocycles. The molecule has 1 amide bonds. The molecule has 7 nitrogen and oxygen atoms in total. The van der Waals surface area contributed by atoms with E-state index in [1.807, 2.05) is 47.4 Å². The fourth-order valence-electron chi connectivity index (χ4n) is 4.32. The van der Waals surface area contributed by atoms with E-state index in [9.17, 15) is 4.79 Å². The van der Waals surface area contributed by atoms with Gasteiger partial charge in [0.25, 0.3) is 5.91 Å². The first-order valence-corrected chi connectivity index (χ1v) is 13.7. The Bertz CT molecular complexity index is 1200. The van der Waals surface area contributed by atoms with Crippen molar-refractivity contribution in [1.29, 1.82) is 0 Å². The number of rotatable bonds is 6. The van der Waals surface area contributed by atoms with E-state index in [0.29, 0.717) is 47.9 Å². The second-order valence-corrected chi connectivity index (χ2v) is 10.4. The van der Waals surface area contributed by atoms with E-state index in [1.165, 1.54) is 11.8 Å². The number of benzene rings is 2. The van der Waals surface area contributed by atoms with Gasteiger partial charge < -0.3 is 19.4 Å². The first-order valence-electron chi connectivity index (χ1n) is 11.9. The van der Waals surface area contributed by atoms with Crippen LogP contribution in [0.5, 0.6) is 0 Å². The van der Waals surface area contributed by atoms with Gasteiger partial charge in [0.05, 0.1) is 13.2 Å². The molecule has 3 heterocycles. The maximum Gasteiger partial charge on any atom is 0.253 e. The minimum Gasteiger partial charge on any atom is -0.378 e. The van der Waals surface area contributed by atoms with E-state index >= 15 is 0 Å². The van der Waals surface area contributed by atoms with Crippen LogP contribution in [0.4, 0.5) is 11.5 Å². The number of morpholine rings is 1. The lowest BCUT2D eigenvalue weighted by Crippen LogP contribution is -2.48. The largest absolute Gasteiger partial charge is 0.378 e. The van der Waals surface area contributed by atoms with E-state index in [4.69, 9.17) is 27.9 Å². The first-order chi connectivity index (χ1) is 17.5. The Kier molecular flexibility index (Phi) is 8.16. The molecule has 10 heteroatoms. The van der Waals surface area contributed by atoms with E-state index in [-0.39, 0.29) is 5.91 Å². The van der Waals surface area contributed by atoms with Gasteiger partial charge in [0.1, 0.15) is 11.0 Å². The minimum absolute atomic E-state index is 0.0632. The summed E-state index contributed by atoms with van der Waals surface area (Å²) in [5, 5.41) is 1.80. The highest BCUT2D eigenvalue weighted by atomic mass is 35.5. The molecule has 0 bridgehead atoms. The molecular formula is C26H27Cl2N5O2S. The predicted octanol–water partition coefficient (Wildman–Crippen LogP) is 4.87. The second kappa shape index (κ2) is 11.7. The molecule has 3 aromatic rings.